The first-order valence-corrected chi connectivity index (χ1v) is 10.2. The van der Waals surface area contributed by atoms with Gasteiger partial charge in [-0.05, 0) is 23.1 Å². The lowest BCUT2D eigenvalue weighted by Crippen LogP contribution is -2.21. The number of benzene rings is 1. The molecule has 0 atom stereocenters. The molecule has 4 rings (SSSR count). The van der Waals surface area contributed by atoms with Gasteiger partial charge in [-0.3, -0.25) is 9.48 Å². The Morgan fingerprint density at radius 1 is 1.20 bits per heavy atom. The van der Waals surface area contributed by atoms with E-state index in [-0.39, 0.29) is 12.5 Å². The van der Waals surface area contributed by atoms with Crippen LogP contribution in [0, 0.1) is 0 Å². The van der Waals surface area contributed by atoms with Gasteiger partial charge in [0.1, 0.15) is 17.8 Å². The number of hydrogen-bond donors (Lipinski definition) is 2. The van der Waals surface area contributed by atoms with Crippen LogP contribution in [0.2, 0.25) is 0 Å². The van der Waals surface area contributed by atoms with Crippen LogP contribution in [0.1, 0.15) is 16.7 Å². The number of rotatable bonds is 7. The van der Waals surface area contributed by atoms with E-state index in [2.05, 4.69) is 27.4 Å². The van der Waals surface area contributed by atoms with Crippen LogP contribution in [0.3, 0.4) is 0 Å². The van der Waals surface area contributed by atoms with Crippen molar-refractivity contribution in [2.24, 2.45) is 0 Å². The van der Waals surface area contributed by atoms with Crippen LogP contribution >= 0.6 is 11.3 Å². The molecule has 3 N–H and O–H groups in total. The molecule has 0 bridgehead atoms. The number of carbonyl (C=O) groups excluding carboxylic acids is 1. The van der Waals surface area contributed by atoms with Crippen LogP contribution in [0.25, 0.3) is 16.6 Å². The summed E-state index contributed by atoms with van der Waals surface area (Å²) in [7, 11) is 0. The normalized spacial score (nSPS) is 11.1. The lowest BCUT2D eigenvalue weighted by Gasteiger charge is -2.03. The summed E-state index contributed by atoms with van der Waals surface area (Å²) in [5.74, 6) is 0.127. The number of hydrogen-bond acceptors (Lipinski definition) is 6. The van der Waals surface area contributed by atoms with Crippen molar-refractivity contribution in [1.29, 1.82) is 0 Å². The Bertz CT molecular complexity index is 1150. The Hall–Kier alpha value is -3.78. The fourth-order valence-corrected chi connectivity index (χ4v) is 3.66. The minimum atomic E-state index is -0.230. The molecule has 0 unspecified atom stereocenters. The van der Waals surface area contributed by atoms with Crippen molar-refractivity contribution >= 4 is 29.1 Å². The van der Waals surface area contributed by atoms with Crippen molar-refractivity contribution in [2.45, 2.75) is 13.1 Å². The molecule has 0 aliphatic carbocycles. The van der Waals surface area contributed by atoms with Gasteiger partial charge >= 0.3 is 0 Å². The van der Waals surface area contributed by atoms with Gasteiger partial charge in [0.25, 0.3) is 0 Å². The molecule has 3 heterocycles. The molecule has 0 saturated heterocycles. The number of amides is 1. The molecule has 0 aliphatic rings. The molecule has 0 spiro atoms. The first kappa shape index (κ1) is 19.5. The average Bonchev–Trinajstić information content (AvgIpc) is 3.42. The topological polar surface area (TPSA) is 98.7 Å². The fourth-order valence-electron chi connectivity index (χ4n) is 2.93. The number of thiophene rings is 1. The van der Waals surface area contributed by atoms with Crippen LogP contribution in [-0.2, 0) is 17.9 Å². The maximum absolute atomic E-state index is 12.3. The summed E-state index contributed by atoms with van der Waals surface area (Å²) in [5, 5.41) is 9.55. The van der Waals surface area contributed by atoms with Crippen molar-refractivity contribution in [2.75, 3.05) is 5.73 Å². The largest absolute Gasteiger partial charge is 0.383 e. The molecule has 0 radical (unpaired) electrons. The maximum Gasteiger partial charge on any atom is 0.244 e. The van der Waals surface area contributed by atoms with Crippen LogP contribution in [0.5, 0.6) is 0 Å². The molecule has 30 heavy (non-hydrogen) atoms. The van der Waals surface area contributed by atoms with Gasteiger partial charge in [0.15, 0.2) is 0 Å². The van der Waals surface area contributed by atoms with Crippen LogP contribution in [0.4, 0.5) is 5.82 Å². The minimum Gasteiger partial charge on any atom is -0.383 e. The van der Waals surface area contributed by atoms with Crippen LogP contribution in [-0.4, -0.2) is 25.7 Å². The number of carbonyl (C=O) groups is 1. The van der Waals surface area contributed by atoms with Gasteiger partial charge in [-0.15, -0.1) is 11.3 Å². The summed E-state index contributed by atoms with van der Waals surface area (Å²) in [6.45, 7) is 0.924. The smallest absolute Gasteiger partial charge is 0.244 e. The van der Waals surface area contributed by atoms with E-state index in [4.69, 9.17) is 10.8 Å². The Morgan fingerprint density at radius 3 is 2.83 bits per heavy atom. The summed E-state index contributed by atoms with van der Waals surface area (Å²) < 4.78 is 1.89. The zero-order valence-electron chi connectivity index (χ0n) is 16.1. The van der Waals surface area contributed by atoms with Gasteiger partial charge in [0.2, 0.25) is 5.91 Å². The first-order valence-electron chi connectivity index (χ1n) is 9.34. The van der Waals surface area contributed by atoms with Gasteiger partial charge in [0.05, 0.1) is 11.4 Å². The molecular weight excluding hydrogens is 396 g/mol. The van der Waals surface area contributed by atoms with Crippen molar-refractivity contribution in [1.82, 2.24) is 25.1 Å². The number of anilines is 1. The second-order valence-corrected chi connectivity index (χ2v) is 7.53. The Kier molecular flexibility index (Phi) is 5.95. The zero-order valence-corrected chi connectivity index (χ0v) is 16.9. The molecule has 1 amide bonds. The van der Waals surface area contributed by atoms with E-state index >= 15 is 0 Å². The molecule has 0 aliphatic heterocycles. The quantitative estimate of drug-likeness (QED) is 0.450. The number of nitrogen functional groups attached to an aromatic ring is 1. The summed E-state index contributed by atoms with van der Waals surface area (Å²) >= 11 is 1.62. The number of nitrogens with two attached hydrogens (primary N) is 1. The van der Waals surface area contributed by atoms with E-state index in [1.807, 2.05) is 46.6 Å². The molecule has 150 valence electrons. The summed E-state index contributed by atoms with van der Waals surface area (Å²) in [5.41, 5.74) is 9.35. The highest BCUT2D eigenvalue weighted by molar-refractivity contribution is 7.13. The van der Waals surface area contributed by atoms with Gasteiger partial charge in [-0.2, -0.15) is 5.10 Å². The number of nitrogens with zero attached hydrogens (tertiary/aromatic N) is 4. The Morgan fingerprint density at radius 2 is 2.07 bits per heavy atom. The second-order valence-electron chi connectivity index (χ2n) is 6.58. The van der Waals surface area contributed by atoms with E-state index in [0.717, 1.165) is 21.7 Å². The lowest BCUT2D eigenvalue weighted by atomic mass is 10.2. The van der Waals surface area contributed by atoms with E-state index in [1.54, 1.807) is 23.6 Å². The molecule has 8 heteroatoms. The van der Waals surface area contributed by atoms with E-state index in [0.29, 0.717) is 17.9 Å². The third kappa shape index (κ3) is 4.79. The van der Waals surface area contributed by atoms with Gasteiger partial charge in [-0.25, -0.2) is 9.97 Å². The van der Waals surface area contributed by atoms with E-state index in [9.17, 15) is 4.79 Å². The SMILES string of the molecule is Nc1ncncc1CNC(=O)/C=C/c1cn(Cc2ccccc2)nc1-c1cccs1. The van der Waals surface area contributed by atoms with Crippen molar-refractivity contribution < 1.29 is 4.79 Å². The third-order valence-electron chi connectivity index (χ3n) is 4.42. The second kappa shape index (κ2) is 9.15. The van der Waals surface area contributed by atoms with Gasteiger partial charge < -0.3 is 11.1 Å². The Balaban J connectivity index is 1.50. The third-order valence-corrected chi connectivity index (χ3v) is 5.30. The van der Waals surface area contributed by atoms with Crippen molar-refractivity contribution in [3.05, 3.63) is 89.3 Å². The first-order chi connectivity index (χ1) is 14.7. The Labute approximate surface area is 177 Å². The summed E-state index contributed by atoms with van der Waals surface area (Å²) in [4.78, 5) is 21.2. The maximum atomic E-state index is 12.3. The number of nitrogens with one attached hydrogen (secondary N) is 1. The lowest BCUT2D eigenvalue weighted by molar-refractivity contribution is -0.116. The molecule has 0 saturated carbocycles. The molecule has 3 aromatic heterocycles. The van der Waals surface area contributed by atoms with Crippen molar-refractivity contribution in [3.63, 3.8) is 0 Å². The highest BCUT2D eigenvalue weighted by atomic mass is 32.1. The average molecular weight is 417 g/mol. The molecule has 1 aromatic carbocycles. The summed E-state index contributed by atoms with van der Waals surface area (Å²) in [6.07, 6.45) is 8.20. The monoisotopic (exact) mass is 416 g/mol. The fraction of sp³-hybridized carbons (Fsp3) is 0.0909. The standard InChI is InChI=1S/C22H20N6OS/c23-22-18(11-24-15-26-22)12-25-20(29)9-8-17-14-28(13-16-5-2-1-3-6-16)27-21(17)19-7-4-10-30-19/h1-11,14-15H,12-13H2,(H,25,29)(H2,23,24,26)/b9-8+. The van der Waals surface area contributed by atoms with Crippen LogP contribution < -0.4 is 11.1 Å². The van der Waals surface area contributed by atoms with Crippen molar-refractivity contribution in [3.8, 4) is 10.6 Å². The number of aromatic nitrogens is 4. The molecular formula is C22H20N6OS. The molecule has 0 fully saturated rings. The minimum absolute atomic E-state index is 0.230. The van der Waals surface area contributed by atoms with Crippen LogP contribution in [0.15, 0.2) is 72.6 Å². The zero-order chi connectivity index (χ0) is 20.8. The summed E-state index contributed by atoms with van der Waals surface area (Å²) in [6, 6.07) is 14.1. The highest BCUT2D eigenvalue weighted by Gasteiger charge is 2.11. The predicted octanol–water partition coefficient (Wildman–Crippen LogP) is 3.36. The van der Waals surface area contributed by atoms with E-state index < -0.39 is 0 Å². The molecule has 4 aromatic rings. The van der Waals surface area contributed by atoms with Gasteiger partial charge in [-0.1, -0.05) is 36.4 Å². The highest BCUT2D eigenvalue weighted by Crippen LogP contribution is 2.27. The van der Waals surface area contributed by atoms with E-state index in [1.165, 1.54) is 12.4 Å². The molecule has 7 nitrogen and oxygen atoms in total. The predicted molar refractivity (Wildman–Crippen MR) is 118 cm³/mol. The van der Waals surface area contributed by atoms with Gasteiger partial charge in [0, 0.05) is 36.1 Å².